The monoisotopic (exact) mass is 459 g/mol. The van der Waals surface area contributed by atoms with Crippen molar-refractivity contribution < 1.29 is 22.7 Å². The average Bonchev–Trinajstić information content (AvgIpc) is 3.15. The second-order valence-corrected chi connectivity index (χ2v) is 10.6. The highest BCUT2D eigenvalue weighted by Gasteiger charge is 2.37. The molecule has 2 amide bonds. The van der Waals surface area contributed by atoms with Gasteiger partial charge < -0.3 is 15.8 Å². The Bertz CT molecular complexity index is 871. The number of amides is 2. The van der Waals surface area contributed by atoms with Crippen LogP contribution in [0.4, 0.5) is 5.00 Å². The number of ether oxygens (including phenoxy) is 1. The molecule has 12 heteroatoms. The van der Waals surface area contributed by atoms with Crippen LogP contribution in [0.2, 0.25) is 0 Å². The molecule has 2 saturated heterocycles. The number of thiophene rings is 1. The van der Waals surface area contributed by atoms with E-state index in [1.807, 2.05) is 18.7 Å². The van der Waals surface area contributed by atoms with Gasteiger partial charge in [-0.1, -0.05) is 0 Å². The lowest BCUT2D eigenvalue weighted by molar-refractivity contribution is -0.121. The molecule has 0 aromatic carbocycles. The van der Waals surface area contributed by atoms with E-state index in [1.54, 1.807) is 18.4 Å². The number of nitrogens with one attached hydrogen (secondary N) is 1. The maximum absolute atomic E-state index is 13.0. The number of nitrogens with zero attached hydrogens (tertiary/aromatic N) is 3. The fourth-order valence-corrected chi connectivity index (χ4v) is 6.33. The summed E-state index contributed by atoms with van der Waals surface area (Å²) in [6.07, 6.45) is -0.285. The molecule has 10 nitrogen and oxygen atoms in total. The van der Waals surface area contributed by atoms with Gasteiger partial charge in [0.25, 0.3) is 16.1 Å². The minimum atomic E-state index is -3.57. The normalized spacial score (nSPS) is 25.7. The second kappa shape index (κ2) is 9.28. The Kier molecular flexibility index (Phi) is 7.15. The van der Waals surface area contributed by atoms with Crippen LogP contribution in [0.5, 0.6) is 0 Å². The van der Waals surface area contributed by atoms with Gasteiger partial charge in [-0.15, -0.1) is 11.3 Å². The highest BCUT2D eigenvalue weighted by atomic mass is 32.2. The number of carbonyl (C=O) groups is 2. The van der Waals surface area contributed by atoms with E-state index in [9.17, 15) is 18.0 Å². The van der Waals surface area contributed by atoms with Gasteiger partial charge in [0.1, 0.15) is 5.00 Å². The summed E-state index contributed by atoms with van der Waals surface area (Å²) in [5.41, 5.74) is 5.60. The number of anilines is 1. The molecule has 2 aliphatic rings. The molecular formula is C18H29N5O5S2. The Morgan fingerprint density at radius 2 is 1.77 bits per heavy atom. The van der Waals surface area contributed by atoms with Crippen molar-refractivity contribution in [1.82, 2.24) is 13.5 Å². The summed E-state index contributed by atoms with van der Waals surface area (Å²) in [6, 6.07) is 1.10. The van der Waals surface area contributed by atoms with Crippen LogP contribution >= 0.6 is 11.3 Å². The van der Waals surface area contributed by atoms with Crippen molar-refractivity contribution in [3.63, 3.8) is 0 Å². The van der Waals surface area contributed by atoms with Gasteiger partial charge in [-0.05, 0) is 32.2 Å². The molecule has 3 unspecified atom stereocenters. The van der Waals surface area contributed by atoms with Crippen LogP contribution in [0, 0.1) is 0 Å². The number of rotatable bonds is 6. The van der Waals surface area contributed by atoms with Gasteiger partial charge in [0.2, 0.25) is 5.91 Å². The van der Waals surface area contributed by atoms with E-state index < -0.39 is 22.2 Å². The van der Waals surface area contributed by atoms with Crippen LogP contribution < -0.4 is 11.1 Å². The largest absolute Gasteiger partial charge is 0.373 e. The van der Waals surface area contributed by atoms with Crippen molar-refractivity contribution >= 4 is 38.4 Å². The lowest BCUT2D eigenvalue weighted by atomic mass is 10.2. The molecule has 168 valence electrons. The van der Waals surface area contributed by atoms with Crippen LogP contribution in [0.1, 0.15) is 31.1 Å². The molecule has 1 aromatic rings. The Morgan fingerprint density at radius 1 is 1.17 bits per heavy atom. The molecule has 0 spiro atoms. The van der Waals surface area contributed by atoms with E-state index >= 15 is 0 Å². The molecule has 3 N–H and O–H groups in total. The highest BCUT2D eigenvalue weighted by molar-refractivity contribution is 7.86. The molecule has 1 aromatic heterocycles. The molecular weight excluding hydrogens is 430 g/mol. The predicted molar refractivity (Wildman–Crippen MR) is 115 cm³/mol. The van der Waals surface area contributed by atoms with Gasteiger partial charge in [0.05, 0.1) is 23.8 Å². The van der Waals surface area contributed by atoms with Crippen LogP contribution in [-0.4, -0.2) is 91.3 Å². The average molecular weight is 460 g/mol. The third-order valence-electron chi connectivity index (χ3n) is 5.41. The van der Waals surface area contributed by atoms with Crippen LogP contribution in [-0.2, 0) is 19.7 Å². The molecule has 3 atom stereocenters. The number of morpholine rings is 1. The zero-order chi connectivity index (χ0) is 22.1. The zero-order valence-electron chi connectivity index (χ0n) is 17.4. The van der Waals surface area contributed by atoms with Crippen molar-refractivity contribution in [1.29, 1.82) is 0 Å². The summed E-state index contributed by atoms with van der Waals surface area (Å²) >= 11 is 1.24. The number of hydrogen-bond acceptors (Lipinski definition) is 7. The van der Waals surface area contributed by atoms with E-state index in [2.05, 4.69) is 5.32 Å². The predicted octanol–water partition coefficient (Wildman–Crippen LogP) is 0.146. The highest BCUT2D eigenvalue weighted by Crippen LogP contribution is 2.24. The van der Waals surface area contributed by atoms with E-state index in [0.717, 1.165) is 0 Å². The molecule has 30 heavy (non-hydrogen) atoms. The van der Waals surface area contributed by atoms with Gasteiger partial charge in [0.15, 0.2) is 0 Å². The standard InChI is InChI=1S/C18H29N5O5S2/c1-12-10-23(11-13(2)28-12)30(26,27)22-7-5-21(6-8-22)14(3)17(25)20-18-15(16(19)24)4-9-29-18/h4,9,12-14H,5-8,10-11H2,1-3H3,(H2,19,24)(H,20,25). The molecule has 0 bridgehead atoms. The fourth-order valence-electron chi connectivity index (χ4n) is 3.79. The first-order valence-corrected chi connectivity index (χ1v) is 12.2. The van der Waals surface area contributed by atoms with Crippen molar-refractivity contribution in [3.05, 3.63) is 17.0 Å². The lowest BCUT2D eigenvalue weighted by Crippen LogP contribution is -2.58. The minimum absolute atomic E-state index is 0.143. The third kappa shape index (κ3) is 5.01. The summed E-state index contributed by atoms with van der Waals surface area (Å²) in [5, 5.41) is 4.87. The molecule has 0 radical (unpaired) electrons. The van der Waals surface area contributed by atoms with Gasteiger partial charge in [-0.3, -0.25) is 14.5 Å². The summed E-state index contributed by atoms with van der Waals surface area (Å²) in [5.74, 6) is -0.850. The SMILES string of the molecule is CC1CN(S(=O)(=O)N2CCN(C(C)C(=O)Nc3sccc3C(N)=O)CC2)CC(C)O1. The molecule has 3 rings (SSSR count). The van der Waals surface area contributed by atoms with Crippen molar-refractivity contribution in [2.75, 3.05) is 44.6 Å². The number of carbonyl (C=O) groups excluding carboxylic acids is 2. The van der Waals surface area contributed by atoms with E-state index in [-0.39, 0.29) is 23.7 Å². The molecule has 2 fully saturated rings. The Balaban J connectivity index is 1.57. The smallest absolute Gasteiger partial charge is 0.282 e. The number of nitrogens with two attached hydrogens (primary N) is 1. The summed E-state index contributed by atoms with van der Waals surface area (Å²) in [6.45, 7) is 7.69. The number of hydrogen-bond donors (Lipinski definition) is 2. The third-order valence-corrected chi connectivity index (χ3v) is 8.20. The quantitative estimate of drug-likeness (QED) is 0.624. The first-order chi connectivity index (χ1) is 14.1. The molecule has 0 aliphatic carbocycles. The van der Waals surface area contributed by atoms with Gasteiger partial charge in [0, 0.05) is 39.3 Å². The summed E-state index contributed by atoms with van der Waals surface area (Å²) in [4.78, 5) is 26.0. The Labute approximate surface area is 181 Å². The van der Waals surface area contributed by atoms with Gasteiger partial charge >= 0.3 is 0 Å². The number of piperazine rings is 1. The number of primary amides is 1. The zero-order valence-corrected chi connectivity index (χ0v) is 19.0. The van der Waals surface area contributed by atoms with E-state index in [0.29, 0.717) is 44.3 Å². The summed E-state index contributed by atoms with van der Waals surface area (Å²) < 4.78 is 34.6. The Hall–Kier alpha value is -1.57. The van der Waals surface area contributed by atoms with Crippen LogP contribution in [0.3, 0.4) is 0 Å². The summed E-state index contributed by atoms with van der Waals surface area (Å²) in [7, 11) is -3.57. The maximum Gasteiger partial charge on any atom is 0.282 e. The van der Waals surface area contributed by atoms with Crippen LogP contribution in [0.15, 0.2) is 11.4 Å². The van der Waals surface area contributed by atoms with Gasteiger partial charge in [-0.25, -0.2) is 0 Å². The molecule has 3 heterocycles. The molecule has 2 aliphatic heterocycles. The van der Waals surface area contributed by atoms with Crippen molar-refractivity contribution in [2.24, 2.45) is 5.73 Å². The van der Waals surface area contributed by atoms with Crippen molar-refractivity contribution in [2.45, 2.75) is 39.0 Å². The van der Waals surface area contributed by atoms with E-state index in [1.165, 1.54) is 19.9 Å². The fraction of sp³-hybridized carbons (Fsp3) is 0.667. The van der Waals surface area contributed by atoms with E-state index in [4.69, 9.17) is 10.5 Å². The first kappa shape index (κ1) is 23.1. The van der Waals surface area contributed by atoms with Crippen molar-refractivity contribution in [3.8, 4) is 0 Å². The second-order valence-electron chi connectivity index (χ2n) is 7.71. The minimum Gasteiger partial charge on any atom is -0.373 e. The lowest BCUT2D eigenvalue weighted by Gasteiger charge is -2.41. The molecule has 0 saturated carbocycles. The van der Waals surface area contributed by atoms with Gasteiger partial charge in [-0.2, -0.15) is 17.0 Å². The van der Waals surface area contributed by atoms with Crippen LogP contribution in [0.25, 0.3) is 0 Å². The maximum atomic E-state index is 13.0. The first-order valence-electron chi connectivity index (χ1n) is 9.92. The Morgan fingerprint density at radius 3 is 2.33 bits per heavy atom. The topological polar surface area (TPSA) is 125 Å².